The number of carbonyl (C=O) groups is 1. The van der Waals surface area contributed by atoms with Crippen LogP contribution in [0.1, 0.15) is 41.0 Å². The molecule has 1 aromatic heterocycles. The summed E-state index contributed by atoms with van der Waals surface area (Å²) in [5.41, 5.74) is 3.93. The molecular formula is C13H18N2O. The third-order valence-electron chi connectivity index (χ3n) is 3.06. The fourth-order valence-electron chi connectivity index (χ4n) is 2.26. The SMILES string of the molecule is Cc1cc(N(C)C)c2c(n1)C(=O)CCCC2. The Morgan fingerprint density at radius 2 is 1.94 bits per heavy atom. The highest BCUT2D eigenvalue weighted by atomic mass is 16.1. The van der Waals surface area contributed by atoms with Crippen molar-refractivity contribution in [2.45, 2.75) is 32.6 Å². The van der Waals surface area contributed by atoms with Crippen LogP contribution in [-0.2, 0) is 6.42 Å². The molecule has 16 heavy (non-hydrogen) atoms. The first-order chi connectivity index (χ1) is 7.59. The summed E-state index contributed by atoms with van der Waals surface area (Å²) in [6, 6.07) is 2.07. The lowest BCUT2D eigenvalue weighted by atomic mass is 10.0. The van der Waals surface area contributed by atoms with Gasteiger partial charge < -0.3 is 4.90 Å². The number of aromatic nitrogens is 1. The third kappa shape index (κ3) is 1.94. The summed E-state index contributed by atoms with van der Waals surface area (Å²) in [4.78, 5) is 18.4. The first-order valence-electron chi connectivity index (χ1n) is 5.80. The van der Waals surface area contributed by atoms with Crippen LogP contribution >= 0.6 is 0 Å². The van der Waals surface area contributed by atoms with E-state index in [9.17, 15) is 4.79 Å². The number of nitrogens with zero attached hydrogens (tertiary/aromatic N) is 2. The summed E-state index contributed by atoms with van der Waals surface area (Å²) in [5.74, 6) is 0.208. The van der Waals surface area contributed by atoms with Gasteiger partial charge in [0.15, 0.2) is 5.78 Å². The van der Waals surface area contributed by atoms with E-state index in [1.807, 2.05) is 21.0 Å². The number of hydrogen-bond acceptors (Lipinski definition) is 3. The van der Waals surface area contributed by atoms with Crippen LogP contribution in [0.15, 0.2) is 6.07 Å². The number of Topliss-reactive ketones (excluding diaryl/α,β-unsaturated/α-hetero) is 1. The molecule has 1 aliphatic rings. The lowest BCUT2D eigenvalue weighted by Crippen LogP contribution is -2.15. The van der Waals surface area contributed by atoms with E-state index < -0.39 is 0 Å². The Kier molecular flexibility index (Phi) is 2.95. The molecule has 0 radical (unpaired) electrons. The Hall–Kier alpha value is -1.38. The minimum atomic E-state index is 0.208. The molecule has 0 aromatic carbocycles. The highest BCUT2D eigenvalue weighted by molar-refractivity contribution is 5.97. The Balaban J connectivity index is 2.60. The van der Waals surface area contributed by atoms with Gasteiger partial charge in [-0.1, -0.05) is 0 Å². The van der Waals surface area contributed by atoms with Crippen molar-refractivity contribution < 1.29 is 4.79 Å². The lowest BCUT2D eigenvalue weighted by molar-refractivity contribution is 0.0977. The number of carbonyl (C=O) groups excluding carboxylic acids is 1. The molecule has 3 heteroatoms. The molecule has 3 nitrogen and oxygen atoms in total. The van der Waals surface area contributed by atoms with Crippen molar-refractivity contribution in [3.8, 4) is 0 Å². The zero-order chi connectivity index (χ0) is 11.7. The second-order valence-electron chi connectivity index (χ2n) is 4.63. The second-order valence-corrected chi connectivity index (χ2v) is 4.63. The zero-order valence-corrected chi connectivity index (χ0v) is 10.2. The van der Waals surface area contributed by atoms with Crippen LogP contribution in [0.2, 0.25) is 0 Å². The van der Waals surface area contributed by atoms with Crippen LogP contribution < -0.4 is 4.90 Å². The largest absolute Gasteiger partial charge is 0.377 e. The molecule has 0 amide bonds. The van der Waals surface area contributed by atoms with Crippen molar-refractivity contribution in [3.63, 3.8) is 0 Å². The second kappa shape index (κ2) is 4.24. The number of ketones is 1. The van der Waals surface area contributed by atoms with E-state index in [-0.39, 0.29) is 5.78 Å². The molecule has 0 aliphatic heterocycles. The first-order valence-corrected chi connectivity index (χ1v) is 5.80. The van der Waals surface area contributed by atoms with E-state index in [0.29, 0.717) is 12.1 Å². The zero-order valence-electron chi connectivity index (χ0n) is 10.2. The lowest BCUT2D eigenvalue weighted by Gasteiger charge is -2.19. The van der Waals surface area contributed by atoms with Crippen LogP contribution in [0, 0.1) is 6.92 Å². The maximum absolute atomic E-state index is 12.0. The van der Waals surface area contributed by atoms with Gasteiger partial charge in [-0.2, -0.15) is 0 Å². The molecule has 0 unspecified atom stereocenters. The number of hydrogen-bond donors (Lipinski definition) is 0. The Morgan fingerprint density at radius 3 is 2.62 bits per heavy atom. The maximum atomic E-state index is 12.0. The first kappa shape index (κ1) is 11.1. The van der Waals surface area contributed by atoms with E-state index in [1.54, 1.807) is 0 Å². The number of anilines is 1. The average molecular weight is 218 g/mol. The molecule has 0 fully saturated rings. The van der Waals surface area contributed by atoms with Gasteiger partial charge in [0.25, 0.3) is 0 Å². The van der Waals surface area contributed by atoms with Gasteiger partial charge in [-0.3, -0.25) is 4.79 Å². The maximum Gasteiger partial charge on any atom is 0.181 e. The Morgan fingerprint density at radius 1 is 1.25 bits per heavy atom. The fraction of sp³-hybridized carbons (Fsp3) is 0.538. The number of fused-ring (bicyclic) bond motifs is 1. The minimum Gasteiger partial charge on any atom is -0.377 e. The summed E-state index contributed by atoms with van der Waals surface area (Å²) < 4.78 is 0. The van der Waals surface area contributed by atoms with Crippen LogP contribution in [0.25, 0.3) is 0 Å². The number of rotatable bonds is 1. The molecule has 0 saturated carbocycles. The third-order valence-corrected chi connectivity index (χ3v) is 3.06. The highest BCUT2D eigenvalue weighted by Gasteiger charge is 2.21. The van der Waals surface area contributed by atoms with Gasteiger partial charge in [0, 0.05) is 37.5 Å². The van der Waals surface area contributed by atoms with E-state index >= 15 is 0 Å². The summed E-state index contributed by atoms with van der Waals surface area (Å²) in [6.45, 7) is 1.95. The van der Waals surface area contributed by atoms with E-state index in [4.69, 9.17) is 0 Å². The number of aryl methyl sites for hydroxylation is 1. The summed E-state index contributed by atoms with van der Waals surface area (Å²) in [5, 5.41) is 0. The van der Waals surface area contributed by atoms with Gasteiger partial charge in [0.2, 0.25) is 0 Å². The van der Waals surface area contributed by atoms with E-state index in [1.165, 1.54) is 0 Å². The van der Waals surface area contributed by atoms with Gasteiger partial charge >= 0.3 is 0 Å². The van der Waals surface area contributed by atoms with Crippen LogP contribution in [0.3, 0.4) is 0 Å². The van der Waals surface area contributed by atoms with Gasteiger partial charge in [-0.05, 0) is 32.3 Å². The predicted octanol–water partition coefficient (Wildman–Crippen LogP) is 2.37. The smallest absolute Gasteiger partial charge is 0.181 e. The van der Waals surface area contributed by atoms with Crippen molar-refractivity contribution in [1.29, 1.82) is 0 Å². The molecule has 1 aliphatic carbocycles. The summed E-state index contributed by atoms with van der Waals surface area (Å²) in [7, 11) is 4.04. The van der Waals surface area contributed by atoms with Crippen molar-refractivity contribution >= 4 is 11.5 Å². The van der Waals surface area contributed by atoms with Gasteiger partial charge in [0.05, 0.1) is 0 Å². The average Bonchev–Trinajstić information content (AvgIpc) is 2.40. The van der Waals surface area contributed by atoms with Gasteiger partial charge in [-0.25, -0.2) is 4.98 Å². The van der Waals surface area contributed by atoms with Crippen LogP contribution in [0.4, 0.5) is 5.69 Å². The fourth-order valence-corrected chi connectivity index (χ4v) is 2.26. The van der Waals surface area contributed by atoms with Gasteiger partial charge in [0.1, 0.15) is 5.69 Å². The summed E-state index contributed by atoms with van der Waals surface area (Å²) >= 11 is 0. The molecular weight excluding hydrogens is 200 g/mol. The molecule has 2 rings (SSSR count). The molecule has 0 saturated heterocycles. The van der Waals surface area contributed by atoms with Crippen LogP contribution in [0.5, 0.6) is 0 Å². The van der Waals surface area contributed by atoms with E-state index in [0.717, 1.165) is 36.2 Å². The topological polar surface area (TPSA) is 33.2 Å². The van der Waals surface area contributed by atoms with Crippen molar-refractivity contribution in [3.05, 3.63) is 23.0 Å². The number of pyridine rings is 1. The molecule has 86 valence electrons. The van der Waals surface area contributed by atoms with Crippen molar-refractivity contribution in [1.82, 2.24) is 4.98 Å². The molecule has 0 bridgehead atoms. The predicted molar refractivity (Wildman–Crippen MR) is 65.2 cm³/mol. The highest BCUT2D eigenvalue weighted by Crippen LogP contribution is 2.28. The standard InChI is InChI=1S/C13H18N2O/c1-9-8-11(15(2)3)10-6-4-5-7-12(16)13(10)14-9/h8H,4-7H2,1-3H3. The Bertz CT molecular complexity index is 424. The molecule has 0 atom stereocenters. The molecule has 1 aromatic rings. The Labute approximate surface area is 96.5 Å². The summed E-state index contributed by atoms with van der Waals surface area (Å²) in [6.07, 6.45) is 3.70. The molecule has 0 N–H and O–H groups in total. The van der Waals surface area contributed by atoms with Crippen molar-refractivity contribution in [2.24, 2.45) is 0 Å². The van der Waals surface area contributed by atoms with E-state index in [2.05, 4.69) is 16.0 Å². The monoisotopic (exact) mass is 218 g/mol. The van der Waals surface area contributed by atoms with Crippen LogP contribution in [-0.4, -0.2) is 24.9 Å². The molecule has 0 spiro atoms. The van der Waals surface area contributed by atoms with Crippen molar-refractivity contribution in [2.75, 3.05) is 19.0 Å². The quantitative estimate of drug-likeness (QED) is 0.678. The molecule has 1 heterocycles. The van der Waals surface area contributed by atoms with Gasteiger partial charge in [-0.15, -0.1) is 0 Å². The minimum absolute atomic E-state index is 0.208. The normalized spacial score (nSPS) is 15.6.